The first-order valence-corrected chi connectivity index (χ1v) is 8.33. The second kappa shape index (κ2) is 5.62. The van der Waals surface area contributed by atoms with E-state index in [9.17, 15) is 8.42 Å². The van der Waals surface area contributed by atoms with Crippen LogP contribution in [0.1, 0.15) is 0 Å². The molecule has 0 aliphatic rings. The Bertz CT molecular complexity index is 970. The van der Waals surface area contributed by atoms with Crippen molar-refractivity contribution in [3.63, 3.8) is 0 Å². The van der Waals surface area contributed by atoms with Crippen molar-refractivity contribution in [1.29, 1.82) is 0 Å². The molecule has 2 aromatic carbocycles. The van der Waals surface area contributed by atoms with Crippen molar-refractivity contribution < 1.29 is 12.6 Å². The molecule has 3 rings (SSSR count). The highest BCUT2D eigenvalue weighted by Crippen LogP contribution is 2.28. The molecule has 0 bridgehead atoms. The standard InChI is InChI=1S/C13H6Cl3N2O3S/c14-10-6-5-8(7-11(10)15)21-22(19,20)18-12-4-2-1-3-9(12)13(16)17-18/h2-7H. The zero-order valence-electron chi connectivity index (χ0n) is 10.6. The molecule has 0 unspecified atom stereocenters. The van der Waals surface area contributed by atoms with Gasteiger partial charge in [-0.3, -0.25) is 0 Å². The van der Waals surface area contributed by atoms with E-state index < -0.39 is 10.3 Å². The Labute approximate surface area is 141 Å². The predicted octanol–water partition coefficient (Wildman–Crippen LogP) is 3.97. The molecule has 5 nitrogen and oxygen atoms in total. The molecular weight excluding hydrogens is 371 g/mol. The molecule has 3 aromatic rings. The average Bonchev–Trinajstić information content (AvgIpc) is 2.81. The Morgan fingerprint density at radius 1 is 1.14 bits per heavy atom. The lowest BCUT2D eigenvalue weighted by molar-refractivity contribution is 0.471. The molecule has 0 saturated heterocycles. The second-order valence-corrected chi connectivity index (χ2v) is 6.73. The van der Waals surface area contributed by atoms with Crippen LogP contribution in [-0.4, -0.2) is 17.6 Å². The van der Waals surface area contributed by atoms with Crippen molar-refractivity contribution in [3.8, 4) is 5.75 Å². The summed E-state index contributed by atoms with van der Waals surface area (Å²) in [7, 11) is -4.24. The summed E-state index contributed by atoms with van der Waals surface area (Å²) in [5, 5.41) is 4.73. The van der Waals surface area contributed by atoms with Crippen LogP contribution in [0.4, 0.5) is 0 Å². The van der Waals surface area contributed by atoms with Gasteiger partial charge < -0.3 is 4.18 Å². The fourth-order valence-electron chi connectivity index (χ4n) is 1.80. The third-order valence-corrected chi connectivity index (χ3v) is 4.88. The van der Waals surface area contributed by atoms with E-state index in [1.54, 1.807) is 6.07 Å². The highest BCUT2D eigenvalue weighted by molar-refractivity contribution is 7.85. The first-order valence-electron chi connectivity index (χ1n) is 5.83. The van der Waals surface area contributed by atoms with Gasteiger partial charge in [-0.15, -0.1) is 9.19 Å². The molecule has 0 fully saturated rings. The molecular formula is C13H6Cl3N2O3S. The summed E-state index contributed by atoms with van der Waals surface area (Å²) in [6.07, 6.45) is 0. The summed E-state index contributed by atoms with van der Waals surface area (Å²) >= 11 is 17.5. The van der Waals surface area contributed by atoms with Gasteiger partial charge in [-0.05, 0) is 30.3 Å². The summed E-state index contributed by atoms with van der Waals surface area (Å²) in [5.74, 6) is 0.0108. The van der Waals surface area contributed by atoms with Crippen LogP contribution in [0, 0.1) is 6.07 Å². The van der Waals surface area contributed by atoms with E-state index in [-0.39, 0.29) is 26.5 Å². The fraction of sp³-hybridized carbons (Fsp3) is 0. The quantitative estimate of drug-likeness (QED) is 0.694. The molecule has 0 saturated carbocycles. The van der Waals surface area contributed by atoms with Gasteiger partial charge in [-0.25, -0.2) is 0 Å². The van der Waals surface area contributed by atoms with Gasteiger partial charge in [0.25, 0.3) is 0 Å². The minimum absolute atomic E-state index is 0.0108. The number of hydrogen-bond donors (Lipinski definition) is 0. The van der Waals surface area contributed by atoms with Gasteiger partial charge in [0.1, 0.15) is 5.75 Å². The number of hydrogen-bond acceptors (Lipinski definition) is 4. The number of halogens is 3. The van der Waals surface area contributed by atoms with Crippen LogP contribution in [0.3, 0.4) is 0 Å². The Morgan fingerprint density at radius 3 is 2.64 bits per heavy atom. The highest BCUT2D eigenvalue weighted by Gasteiger charge is 2.22. The monoisotopic (exact) mass is 375 g/mol. The molecule has 0 atom stereocenters. The van der Waals surface area contributed by atoms with Gasteiger partial charge in [0, 0.05) is 11.5 Å². The summed E-state index contributed by atoms with van der Waals surface area (Å²) in [6.45, 7) is 0. The average molecular weight is 377 g/mol. The maximum Gasteiger partial charge on any atom is 0.429 e. The van der Waals surface area contributed by atoms with Crippen LogP contribution >= 0.6 is 34.8 Å². The number of fused-ring (bicyclic) bond motifs is 1. The fourth-order valence-corrected chi connectivity index (χ4v) is 3.36. The van der Waals surface area contributed by atoms with Gasteiger partial charge in [0.05, 0.1) is 15.6 Å². The summed E-state index contributed by atoms with van der Waals surface area (Å²) < 4.78 is 30.4. The Hall–Kier alpha value is -1.47. The molecule has 9 heteroatoms. The number of aromatic nitrogens is 2. The second-order valence-electron chi connectivity index (χ2n) is 4.19. The molecule has 0 N–H and O–H groups in total. The van der Waals surface area contributed by atoms with E-state index in [0.717, 1.165) is 0 Å². The number of rotatable bonds is 3. The van der Waals surface area contributed by atoms with E-state index in [0.29, 0.717) is 9.47 Å². The Balaban J connectivity index is 2.07. The van der Waals surface area contributed by atoms with E-state index in [1.807, 2.05) is 0 Å². The predicted molar refractivity (Wildman–Crippen MR) is 85.0 cm³/mol. The SMILES string of the molecule is O=S(=O)(Oc1ccc(Cl)c(Cl)c1)n1nc(Cl)c2c[c]ccc21. The third-order valence-electron chi connectivity index (χ3n) is 2.75. The van der Waals surface area contributed by atoms with Crippen LogP contribution < -0.4 is 4.18 Å². The van der Waals surface area contributed by atoms with Gasteiger partial charge in [0.2, 0.25) is 0 Å². The van der Waals surface area contributed by atoms with E-state index in [2.05, 4.69) is 11.2 Å². The van der Waals surface area contributed by atoms with E-state index in [4.69, 9.17) is 39.0 Å². The van der Waals surface area contributed by atoms with Crippen molar-refractivity contribution in [2.75, 3.05) is 0 Å². The van der Waals surface area contributed by atoms with Crippen molar-refractivity contribution in [2.24, 2.45) is 0 Å². The lowest BCUT2D eigenvalue weighted by Crippen LogP contribution is -2.20. The van der Waals surface area contributed by atoms with Gasteiger partial charge >= 0.3 is 10.3 Å². The van der Waals surface area contributed by atoms with Gasteiger partial charge in [-0.2, -0.15) is 8.42 Å². The lowest BCUT2D eigenvalue weighted by atomic mass is 10.3. The maximum absolute atomic E-state index is 12.4. The van der Waals surface area contributed by atoms with E-state index in [1.165, 1.54) is 30.3 Å². The molecule has 1 heterocycles. The number of nitrogens with zero attached hydrogens (tertiary/aromatic N) is 2. The van der Waals surface area contributed by atoms with Crippen LogP contribution in [0.15, 0.2) is 36.4 Å². The van der Waals surface area contributed by atoms with Crippen LogP contribution in [0.2, 0.25) is 15.2 Å². The molecule has 0 spiro atoms. The molecule has 0 aliphatic heterocycles. The Morgan fingerprint density at radius 2 is 1.91 bits per heavy atom. The zero-order valence-corrected chi connectivity index (χ0v) is 13.7. The number of benzene rings is 2. The minimum atomic E-state index is -4.24. The first kappa shape index (κ1) is 15.4. The Kier molecular flexibility index (Phi) is 3.94. The smallest absolute Gasteiger partial charge is 0.365 e. The molecule has 22 heavy (non-hydrogen) atoms. The topological polar surface area (TPSA) is 61.2 Å². The van der Waals surface area contributed by atoms with Crippen LogP contribution in [0.25, 0.3) is 10.9 Å². The van der Waals surface area contributed by atoms with Crippen LogP contribution in [-0.2, 0) is 10.3 Å². The normalized spacial score (nSPS) is 11.8. The van der Waals surface area contributed by atoms with Crippen LogP contribution in [0.5, 0.6) is 5.75 Å². The van der Waals surface area contributed by atoms with Gasteiger partial charge in [0.15, 0.2) is 5.15 Å². The molecule has 0 amide bonds. The van der Waals surface area contributed by atoms with Crippen molar-refractivity contribution in [3.05, 3.63) is 57.7 Å². The third kappa shape index (κ3) is 2.75. The first-order chi connectivity index (χ1) is 10.4. The zero-order chi connectivity index (χ0) is 15.9. The van der Waals surface area contributed by atoms with Crippen molar-refractivity contribution >= 4 is 56.0 Å². The van der Waals surface area contributed by atoms with E-state index >= 15 is 0 Å². The minimum Gasteiger partial charge on any atom is -0.365 e. The van der Waals surface area contributed by atoms with Crippen molar-refractivity contribution in [1.82, 2.24) is 9.19 Å². The van der Waals surface area contributed by atoms with Crippen molar-refractivity contribution in [2.45, 2.75) is 0 Å². The summed E-state index contributed by atoms with van der Waals surface area (Å²) in [4.78, 5) is 0. The summed E-state index contributed by atoms with van der Waals surface area (Å²) in [6, 6.07) is 11.5. The highest BCUT2D eigenvalue weighted by atomic mass is 35.5. The molecule has 0 aliphatic carbocycles. The lowest BCUT2D eigenvalue weighted by Gasteiger charge is -2.08. The summed E-state index contributed by atoms with van der Waals surface area (Å²) in [5.41, 5.74) is 0.281. The molecule has 1 radical (unpaired) electrons. The van der Waals surface area contributed by atoms with Gasteiger partial charge in [-0.1, -0.05) is 40.9 Å². The maximum atomic E-state index is 12.4. The molecule has 113 valence electrons. The largest absolute Gasteiger partial charge is 0.429 e. The molecule has 1 aromatic heterocycles.